The van der Waals surface area contributed by atoms with Crippen molar-refractivity contribution >= 4 is 17.0 Å². The number of ether oxygens (including phenoxy) is 2. The summed E-state index contributed by atoms with van der Waals surface area (Å²) in [5.41, 5.74) is 3.41. The maximum atomic E-state index is 11.0. The van der Waals surface area contributed by atoms with Crippen molar-refractivity contribution in [2.45, 2.75) is 32.9 Å². The zero-order valence-corrected chi connectivity index (χ0v) is 21.8. The van der Waals surface area contributed by atoms with Gasteiger partial charge in [-0.2, -0.15) is 10.4 Å². The number of hydrogen-bond acceptors (Lipinski definition) is 9. The zero-order chi connectivity index (χ0) is 26.7. The minimum absolute atomic E-state index is 0.294. The number of nitriles is 1. The highest BCUT2D eigenvalue weighted by Gasteiger charge is 2.37. The molecule has 1 aliphatic rings. The predicted molar refractivity (Wildman–Crippen MR) is 144 cm³/mol. The Hall–Kier alpha value is -4.36. The van der Waals surface area contributed by atoms with Gasteiger partial charge in [0.15, 0.2) is 0 Å². The van der Waals surface area contributed by atoms with Crippen LogP contribution in [0, 0.1) is 16.7 Å². The number of rotatable bonds is 8. The molecule has 4 aromatic heterocycles. The van der Waals surface area contributed by atoms with Gasteiger partial charge in [0, 0.05) is 41.9 Å². The summed E-state index contributed by atoms with van der Waals surface area (Å²) in [5.74, 6) is 2.09. The highest BCUT2D eigenvalue weighted by molar-refractivity contribution is 5.85. The quantitative estimate of drug-likeness (QED) is 0.335. The minimum Gasteiger partial charge on any atom is -0.492 e. The molecule has 196 valence electrons. The van der Waals surface area contributed by atoms with Gasteiger partial charge in [0.05, 0.1) is 49.1 Å². The topological polar surface area (TPSA) is 121 Å². The Kier molecular flexibility index (Phi) is 7.03. The molecule has 5 heterocycles. The number of nitrogens with zero attached hydrogens (tertiary/aromatic N) is 6. The van der Waals surface area contributed by atoms with Crippen LogP contribution in [0.15, 0.2) is 55.1 Å². The van der Waals surface area contributed by atoms with Crippen LogP contribution < -0.4 is 19.7 Å². The van der Waals surface area contributed by atoms with Gasteiger partial charge in [-0.15, -0.1) is 0 Å². The van der Waals surface area contributed by atoms with E-state index in [4.69, 9.17) is 14.5 Å². The fourth-order valence-electron chi connectivity index (χ4n) is 4.82. The third-order valence-corrected chi connectivity index (χ3v) is 7.22. The summed E-state index contributed by atoms with van der Waals surface area (Å²) >= 11 is 0. The molecule has 0 spiro atoms. The van der Waals surface area contributed by atoms with E-state index in [1.54, 1.807) is 36.3 Å². The van der Waals surface area contributed by atoms with E-state index >= 15 is 0 Å². The van der Waals surface area contributed by atoms with Crippen LogP contribution in [0.4, 0.5) is 11.5 Å². The molecule has 0 bridgehead atoms. The fraction of sp³-hybridized carbons (Fsp3) is 0.357. The largest absolute Gasteiger partial charge is 0.492 e. The Labute approximate surface area is 221 Å². The monoisotopic (exact) mass is 513 g/mol. The molecule has 4 aromatic rings. The first-order chi connectivity index (χ1) is 18.4. The van der Waals surface area contributed by atoms with Crippen LogP contribution >= 0.6 is 0 Å². The molecule has 1 aliphatic heterocycles. The van der Waals surface area contributed by atoms with Gasteiger partial charge in [-0.3, -0.25) is 0 Å². The van der Waals surface area contributed by atoms with Crippen LogP contribution in [0.5, 0.6) is 11.6 Å². The van der Waals surface area contributed by atoms with Gasteiger partial charge in [0.25, 0.3) is 0 Å². The van der Waals surface area contributed by atoms with Crippen molar-refractivity contribution in [3.63, 3.8) is 0 Å². The fourth-order valence-corrected chi connectivity index (χ4v) is 4.82. The molecule has 1 unspecified atom stereocenters. The number of fused-ring (bicyclic) bond motifs is 1. The molecule has 0 amide bonds. The molecule has 1 saturated heterocycles. The Morgan fingerprint density at radius 2 is 1.97 bits per heavy atom. The second-order valence-corrected chi connectivity index (χ2v) is 9.67. The van der Waals surface area contributed by atoms with E-state index in [9.17, 15) is 10.4 Å². The first-order valence-corrected chi connectivity index (χ1v) is 12.6. The standard InChI is InChI=1S/C28H31N7O3/c1-4-38-22-13-23(26-20(14-29)16-32-35(26)18-22)19-5-7-24(30-15-19)34-11-9-28(2,10-12-34)27(36)33-21-6-8-25(37-3)31-17-21/h5-8,13,15-18,27,33,36H,4,9-12H2,1-3H3. The first kappa shape index (κ1) is 25.3. The van der Waals surface area contributed by atoms with Crippen LogP contribution in [0.25, 0.3) is 16.6 Å². The van der Waals surface area contributed by atoms with Crippen molar-refractivity contribution in [3.05, 3.63) is 60.7 Å². The lowest BCUT2D eigenvalue weighted by Gasteiger charge is -2.43. The smallest absolute Gasteiger partial charge is 0.213 e. The third-order valence-electron chi connectivity index (χ3n) is 7.22. The van der Waals surface area contributed by atoms with E-state index in [0.29, 0.717) is 23.8 Å². The van der Waals surface area contributed by atoms with Gasteiger partial charge < -0.3 is 24.8 Å². The average molecular weight is 514 g/mol. The predicted octanol–water partition coefficient (Wildman–Crippen LogP) is 4.11. The van der Waals surface area contributed by atoms with Gasteiger partial charge in [-0.05, 0) is 44.0 Å². The van der Waals surface area contributed by atoms with E-state index in [2.05, 4.69) is 33.3 Å². The van der Waals surface area contributed by atoms with E-state index in [-0.39, 0.29) is 5.41 Å². The summed E-state index contributed by atoms with van der Waals surface area (Å²) in [6.07, 6.45) is 7.72. The minimum atomic E-state index is -0.708. The molecule has 5 rings (SSSR count). The number of aliphatic hydroxyl groups excluding tert-OH is 1. The first-order valence-electron chi connectivity index (χ1n) is 12.6. The van der Waals surface area contributed by atoms with E-state index in [0.717, 1.165) is 54.1 Å². The number of pyridine rings is 3. The normalized spacial score (nSPS) is 15.6. The van der Waals surface area contributed by atoms with Crippen LogP contribution in [-0.2, 0) is 0 Å². The lowest BCUT2D eigenvalue weighted by atomic mass is 9.78. The van der Waals surface area contributed by atoms with Crippen molar-refractivity contribution in [3.8, 4) is 28.8 Å². The van der Waals surface area contributed by atoms with Crippen LogP contribution in [0.3, 0.4) is 0 Å². The van der Waals surface area contributed by atoms with E-state index in [1.807, 2.05) is 37.4 Å². The van der Waals surface area contributed by atoms with Crippen molar-refractivity contribution < 1.29 is 14.6 Å². The van der Waals surface area contributed by atoms with Gasteiger partial charge >= 0.3 is 0 Å². The van der Waals surface area contributed by atoms with Crippen LogP contribution in [0.2, 0.25) is 0 Å². The van der Waals surface area contributed by atoms with Crippen molar-refractivity contribution in [1.29, 1.82) is 5.26 Å². The van der Waals surface area contributed by atoms with Crippen LogP contribution in [0.1, 0.15) is 32.3 Å². The van der Waals surface area contributed by atoms with E-state index in [1.165, 1.54) is 0 Å². The molecule has 1 fully saturated rings. The second-order valence-electron chi connectivity index (χ2n) is 9.67. The summed E-state index contributed by atoms with van der Waals surface area (Å²) in [6.45, 7) is 6.11. The molecule has 2 N–H and O–H groups in total. The highest BCUT2D eigenvalue weighted by atomic mass is 16.5. The third kappa shape index (κ3) is 4.93. The van der Waals surface area contributed by atoms with Crippen LogP contribution in [-0.4, -0.2) is 57.7 Å². The molecule has 10 heteroatoms. The summed E-state index contributed by atoms with van der Waals surface area (Å²) < 4.78 is 12.5. The molecule has 0 saturated carbocycles. The average Bonchev–Trinajstić information content (AvgIpc) is 3.37. The number of aliphatic hydroxyl groups is 1. The zero-order valence-electron chi connectivity index (χ0n) is 21.8. The number of anilines is 2. The number of nitrogens with one attached hydrogen (secondary N) is 1. The maximum absolute atomic E-state index is 11.0. The van der Waals surface area contributed by atoms with Gasteiger partial charge in [-0.1, -0.05) is 6.92 Å². The lowest BCUT2D eigenvalue weighted by molar-refractivity contribution is 0.0402. The summed E-state index contributed by atoms with van der Waals surface area (Å²) in [7, 11) is 1.57. The number of hydrogen-bond donors (Lipinski definition) is 2. The molecular formula is C28H31N7O3. The number of methoxy groups -OCH3 is 1. The van der Waals surface area contributed by atoms with Gasteiger partial charge in [0.2, 0.25) is 5.88 Å². The molecule has 10 nitrogen and oxygen atoms in total. The maximum Gasteiger partial charge on any atom is 0.213 e. The number of aromatic nitrogens is 4. The van der Waals surface area contributed by atoms with Crippen molar-refractivity contribution in [1.82, 2.24) is 19.6 Å². The Morgan fingerprint density at radius 1 is 1.16 bits per heavy atom. The van der Waals surface area contributed by atoms with Gasteiger partial charge in [0.1, 0.15) is 23.9 Å². The Balaban J connectivity index is 1.29. The van der Waals surface area contributed by atoms with E-state index < -0.39 is 6.23 Å². The second kappa shape index (κ2) is 10.6. The summed E-state index contributed by atoms with van der Waals surface area (Å²) in [5, 5.41) is 28.0. The molecule has 0 radical (unpaired) electrons. The Bertz CT molecular complexity index is 1440. The summed E-state index contributed by atoms with van der Waals surface area (Å²) in [4.78, 5) is 11.2. The lowest BCUT2D eigenvalue weighted by Crippen LogP contribution is -2.47. The molecule has 0 aliphatic carbocycles. The molecule has 38 heavy (non-hydrogen) atoms. The summed E-state index contributed by atoms with van der Waals surface area (Å²) in [6, 6.07) is 11.8. The van der Waals surface area contributed by atoms with Crippen molar-refractivity contribution in [2.75, 3.05) is 37.0 Å². The Morgan fingerprint density at radius 3 is 2.61 bits per heavy atom. The van der Waals surface area contributed by atoms with Gasteiger partial charge in [-0.25, -0.2) is 14.5 Å². The molecular weight excluding hydrogens is 482 g/mol. The van der Waals surface area contributed by atoms with Crippen molar-refractivity contribution in [2.24, 2.45) is 5.41 Å². The number of piperidine rings is 1. The SMILES string of the molecule is CCOc1cc(-c2ccc(N3CCC(C)(C(O)Nc4ccc(OC)nc4)CC3)nc2)c2c(C#N)cnn2c1. The highest BCUT2D eigenvalue weighted by Crippen LogP contribution is 2.37. The molecule has 1 atom stereocenters. The molecule has 0 aromatic carbocycles.